The molecule has 3 heterocycles. The smallest absolute Gasteiger partial charge is 0.250 e. The van der Waals surface area contributed by atoms with Crippen LogP contribution in [0.4, 0.5) is 22.2 Å². The van der Waals surface area contributed by atoms with Crippen LogP contribution in [0.1, 0.15) is 24.0 Å². The van der Waals surface area contributed by atoms with Crippen LogP contribution in [0.2, 0.25) is 0 Å². The van der Waals surface area contributed by atoms with Crippen molar-refractivity contribution in [1.29, 1.82) is 0 Å². The largest absolute Gasteiger partial charge is 0.489 e. The highest BCUT2D eigenvalue weighted by Crippen LogP contribution is 2.21. The molecule has 0 saturated carbocycles. The van der Waals surface area contributed by atoms with E-state index in [1.165, 1.54) is 12.1 Å². The van der Waals surface area contributed by atoms with E-state index in [4.69, 9.17) is 14.5 Å². The van der Waals surface area contributed by atoms with Crippen molar-refractivity contribution in [3.8, 4) is 5.75 Å². The van der Waals surface area contributed by atoms with Gasteiger partial charge in [-0.3, -0.25) is 0 Å². The number of hydrogen-bond acceptors (Lipinski definition) is 9. The normalized spacial score (nSPS) is 16.1. The van der Waals surface area contributed by atoms with Crippen molar-refractivity contribution in [2.45, 2.75) is 19.4 Å². The topological polar surface area (TPSA) is 88.0 Å². The Bertz CT molecular complexity index is 1130. The number of halogens is 1. The van der Waals surface area contributed by atoms with Gasteiger partial charge in [0.25, 0.3) is 0 Å². The minimum Gasteiger partial charge on any atom is -0.489 e. The fourth-order valence-corrected chi connectivity index (χ4v) is 3.93. The zero-order chi connectivity index (χ0) is 23.9. The number of rotatable bonds is 8. The van der Waals surface area contributed by atoms with Gasteiger partial charge in [0.15, 0.2) is 0 Å². The molecule has 3 aromatic rings. The van der Waals surface area contributed by atoms with E-state index < -0.39 is 0 Å². The van der Waals surface area contributed by atoms with E-state index in [1.807, 2.05) is 24.3 Å². The minimum atomic E-state index is -0.257. The third-order valence-electron chi connectivity index (χ3n) is 5.87. The summed E-state index contributed by atoms with van der Waals surface area (Å²) in [4.78, 5) is 18.2. The Morgan fingerprint density at radius 3 is 2.23 bits per heavy atom. The molecule has 2 aliphatic heterocycles. The maximum Gasteiger partial charge on any atom is 0.250 e. The third kappa shape index (κ3) is 6.21. The molecule has 5 rings (SSSR count). The molecule has 1 N–H and O–H groups in total. The molecule has 0 spiro atoms. The van der Waals surface area contributed by atoms with Gasteiger partial charge in [0.2, 0.25) is 17.8 Å². The molecule has 0 aliphatic carbocycles. The lowest BCUT2D eigenvalue weighted by Gasteiger charge is -2.27. The standard InChI is InChI=1S/C25H28FN7O2/c26-21-7-3-20(4-8-21)18-35-22-9-5-19(6-10-22)17-27-31-23-28-24(32-11-1-2-12-32)30-25(29-23)33-13-15-34-16-14-33/h3-10,17H,1-2,11-16,18H2,(H,28,29,30,31)/b27-17+. The van der Waals surface area contributed by atoms with Crippen molar-refractivity contribution < 1.29 is 13.9 Å². The second-order valence-corrected chi connectivity index (χ2v) is 8.41. The minimum absolute atomic E-state index is 0.257. The van der Waals surface area contributed by atoms with Crippen LogP contribution in [0.5, 0.6) is 5.75 Å². The van der Waals surface area contributed by atoms with Gasteiger partial charge in [0.05, 0.1) is 19.4 Å². The molecule has 0 bridgehead atoms. The summed E-state index contributed by atoms with van der Waals surface area (Å²) in [6, 6.07) is 13.8. The van der Waals surface area contributed by atoms with Crippen molar-refractivity contribution in [3.63, 3.8) is 0 Å². The summed E-state index contributed by atoms with van der Waals surface area (Å²) in [5.41, 5.74) is 4.77. The van der Waals surface area contributed by atoms with Crippen molar-refractivity contribution in [3.05, 3.63) is 65.5 Å². The molecule has 0 unspecified atom stereocenters. The number of nitrogens with one attached hydrogen (secondary N) is 1. The zero-order valence-electron chi connectivity index (χ0n) is 19.4. The van der Waals surface area contributed by atoms with Crippen LogP contribution in [0, 0.1) is 5.82 Å². The van der Waals surface area contributed by atoms with E-state index in [0.717, 1.165) is 55.9 Å². The van der Waals surface area contributed by atoms with Crippen LogP contribution in [0.15, 0.2) is 53.6 Å². The molecule has 2 saturated heterocycles. The Balaban J connectivity index is 1.22. The van der Waals surface area contributed by atoms with Crippen LogP contribution in [0.25, 0.3) is 0 Å². The van der Waals surface area contributed by atoms with E-state index >= 15 is 0 Å². The van der Waals surface area contributed by atoms with Gasteiger partial charge < -0.3 is 19.3 Å². The van der Waals surface area contributed by atoms with Gasteiger partial charge in [-0.15, -0.1) is 0 Å². The van der Waals surface area contributed by atoms with Gasteiger partial charge in [0.1, 0.15) is 18.2 Å². The molecule has 35 heavy (non-hydrogen) atoms. The van der Waals surface area contributed by atoms with Crippen molar-refractivity contribution in [1.82, 2.24) is 15.0 Å². The Labute approximate surface area is 203 Å². The highest BCUT2D eigenvalue weighted by atomic mass is 19.1. The Morgan fingerprint density at radius 2 is 1.54 bits per heavy atom. The van der Waals surface area contributed by atoms with Crippen LogP contribution in [0.3, 0.4) is 0 Å². The highest BCUT2D eigenvalue weighted by molar-refractivity contribution is 5.80. The SMILES string of the molecule is Fc1ccc(COc2ccc(/C=N/Nc3nc(N4CCCC4)nc(N4CCOCC4)n3)cc2)cc1. The van der Waals surface area contributed by atoms with Crippen LogP contribution in [-0.4, -0.2) is 60.6 Å². The monoisotopic (exact) mass is 477 g/mol. The van der Waals surface area contributed by atoms with Crippen molar-refractivity contribution in [2.75, 3.05) is 54.6 Å². The van der Waals surface area contributed by atoms with E-state index in [-0.39, 0.29) is 5.82 Å². The van der Waals surface area contributed by atoms with Gasteiger partial charge >= 0.3 is 0 Å². The number of ether oxygens (including phenoxy) is 2. The number of hydrogen-bond donors (Lipinski definition) is 1. The molecule has 0 radical (unpaired) electrons. The van der Waals surface area contributed by atoms with Gasteiger partial charge in [-0.1, -0.05) is 12.1 Å². The van der Waals surface area contributed by atoms with E-state index in [9.17, 15) is 4.39 Å². The fourth-order valence-electron chi connectivity index (χ4n) is 3.93. The molecule has 9 nitrogen and oxygen atoms in total. The summed E-state index contributed by atoms with van der Waals surface area (Å²) >= 11 is 0. The highest BCUT2D eigenvalue weighted by Gasteiger charge is 2.21. The summed E-state index contributed by atoms with van der Waals surface area (Å²) in [6.07, 6.45) is 3.99. The second-order valence-electron chi connectivity index (χ2n) is 8.41. The number of aromatic nitrogens is 3. The Hall–Kier alpha value is -3.79. The first-order valence-corrected chi connectivity index (χ1v) is 11.8. The number of hydrazone groups is 1. The molecule has 2 fully saturated rings. The van der Waals surface area contributed by atoms with Crippen LogP contribution < -0.4 is 20.0 Å². The van der Waals surface area contributed by atoms with Gasteiger partial charge in [-0.25, -0.2) is 9.82 Å². The number of anilines is 3. The van der Waals surface area contributed by atoms with Crippen molar-refractivity contribution in [2.24, 2.45) is 5.10 Å². The number of benzene rings is 2. The van der Waals surface area contributed by atoms with E-state index in [0.29, 0.717) is 37.7 Å². The number of nitrogens with zero attached hydrogens (tertiary/aromatic N) is 6. The summed E-state index contributed by atoms with van der Waals surface area (Å²) in [5, 5.41) is 4.33. The molecular formula is C25H28FN7O2. The summed E-state index contributed by atoms with van der Waals surface area (Å²) in [5.74, 6) is 2.21. The molecule has 0 amide bonds. The first-order chi connectivity index (χ1) is 17.2. The van der Waals surface area contributed by atoms with Gasteiger partial charge in [-0.2, -0.15) is 20.1 Å². The molecule has 2 aliphatic rings. The predicted octanol–water partition coefficient (Wildman–Crippen LogP) is 3.47. The molecular weight excluding hydrogens is 449 g/mol. The molecule has 182 valence electrons. The van der Waals surface area contributed by atoms with E-state index in [1.54, 1.807) is 18.3 Å². The summed E-state index contributed by atoms with van der Waals surface area (Å²) in [7, 11) is 0. The molecule has 2 aromatic carbocycles. The molecule has 0 atom stereocenters. The lowest BCUT2D eigenvalue weighted by atomic mass is 10.2. The quantitative estimate of drug-likeness (QED) is 0.390. The summed E-state index contributed by atoms with van der Waals surface area (Å²) in [6.45, 7) is 5.10. The summed E-state index contributed by atoms with van der Waals surface area (Å²) < 4.78 is 24.2. The van der Waals surface area contributed by atoms with E-state index in [2.05, 4.69) is 30.3 Å². The second kappa shape index (κ2) is 11.1. The fraction of sp³-hybridized carbons (Fsp3) is 0.360. The average molecular weight is 478 g/mol. The zero-order valence-corrected chi connectivity index (χ0v) is 19.4. The van der Waals surface area contributed by atoms with Crippen LogP contribution >= 0.6 is 0 Å². The van der Waals surface area contributed by atoms with Crippen molar-refractivity contribution >= 4 is 24.1 Å². The molecule has 1 aromatic heterocycles. The maximum absolute atomic E-state index is 13.0. The van der Waals surface area contributed by atoms with Gasteiger partial charge in [-0.05, 0) is 60.4 Å². The van der Waals surface area contributed by atoms with Crippen LogP contribution in [-0.2, 0) is 11.3 Å². The Kier molecular flexibility index (Phi) is 7.28. The van der Waals surface area contributed by atoms with Gasteiger partial charge in [0, 0.05) is 26.2 Å². The first-order valence-electron chi connectivity index (χ1n) is 11.8. The predicted molar refractivity (Wildman–Crippen MR) is 133 cm³/mol. The first kappa shape index (κ1) is 23.0. The lowest BCUT2D eigenvalue weighted by Crippen LogP contribution is -2.38. The maximum atomic E-state index is 13.0. The Morgan fingerprint density at radius 1 is 0.886 bits per heavy atom. The third-order valence-corrected chi connectivity index (χ3v) is 5.87. The molecule has 10 heteroatoms. The average Bonchev–Trinajstić information content (AvgIpc) is 3.45. The lowest BCUT2D eigenvalue weighted by molar-refractivity contribution is 0.122. The number of morpholine rings is 1.